The van der Waals surface area contributed by atoms with E-state index in [0.717, 1.165) is 23.2 Å². The summed E-state index contributed by atoms with van der Waals surface area (Å²) in [5.41, 5.74) is 0.844. The van der Waals surface area contributed by atoms with Gasteiger partial charge in [0.25, 0.3) is 0 Å². The van der Waals surface area contributed by atoms with E-state index in [9.17, 15) is 0 Å². The Hall–Kier alpha value is -1.22. The molecular weight excluding hydrogens is 212 g/mol. The molecule has 0 aliphatic rings. The predicted molar refractivity (Wildman–Crippen MR) is 62.4 cm³/mol. The lowest BCUT2D eigenvalue weighted by Crippen LogP contribution is -2.20. The number of fused-ring (bicyclic) bond motifs is 1. The molecular formula is C11H13ClN2O. The standard InChI is InChI=1S/C11H13ClN2O/c1-2-8(7-12)14-11-9-4-6-15-10(9)3-5-13-11/h3-6,8H,2,7H2,1H3,(H,13,14). The van der Waals surface area contributed by atoms with Gasteiger partial charge < -0.3 is 9.73 Å². The van der Waals surface area contributed by atoms with E-state index in [1.54, 1.807) is 12.5 Å². The van der Waals surface area contributed by atoms with Gasteiger partial charge in [0.15, 0.2) is 0 Å². The van der Waals surface area contributed by atoms with Crippen LogP contribution in [0.3, 0.4) is 0 Å². The third-order valence-electron chi connectivity index (χ3n) is 2.40. The fraction of sp³-hybridized carbons (Fsp3) is 0.364. The van der Waals surface area contributed by atoms with Crippen LogP contribution in [-0.4, -0.2) is 16.9 Å². The zero-order chi connectivity index (χ0) is 10.7. The van der Waals surface area contributed by atoms with Crippen molar-refractivity contribution in [3.05, 3.63) is 24.6 Å². The molecule has 1 N–H and O–H groups in total. The van der Waals surface area contributed by atoms with Crippen LogP contribution in [0, 0.1) is 0 Å². The maximum atomic E-state index is 5.83. The van der Waals surface area contributed by atoms with Crippen LogP contribution in [0.1, 0.15) is 13.3 Å². The highest BCUT2D eigenvalue weighted by molar-refractivity contribution is 6.18. The number of alkyl halides is 1. The molecule has 0 saturated carbocycles. The lowest BCUT2D eigenvalue weighted by Gasteiger charge is -2.14. The zero-order valence-electron chi connectivity index (χ0n) is 8.53. The molecule has 4 heteroatoms. The molecule has 0 amide bonds. The number of pyridine rings is 1. The van der Waals surface area contributed by atoms with Crippen LogP contribution in [0.4, 0.5) is 5.82 Å². The van der Waals surface area contributed by atoms with Gasteiger partial charge in [-0.3, -0.25) is 0 Å². The molecule has 1 unspecified atom stereocenters. The molecule has 2 rings (SSSR count). The molecule has 1 atom stereocenters. The van der Waals surface area contributed by atoms with E-state index in [-0.39, 0.29) is 6.04 Å². The summed E-state index contributed by atoms with van der Waals surface area (Å²) < 4.78 is 5.29. The van der Waals surface area contributed by atoms with E-state index in [2.05, 4.69) is 17.2 Å². The fourth-order valence-electron chi connectivity index (χ4n) is 1.45. The van der Waals surface area contributed by atoms with Crippen LogP contribution < -0.4 is 5.32 Å². The number of aromatic nitrogens is 1. The van der Waals surface area contributed by atoms with Gasteiger partial charge in [0.2, 0.25) is 0 Å². The Morgan fingerprint density at radius 3 is 3.13 bits per heavy atom. The first-order valence-corrected chi connectivity index (χ1v) is 5.53. The predicted octanol–water partition coefficient (Wildman–Crippen LogP) is 3.26. The monoisotopic (exact) mass is 224 g/mol. The van der Waals surface area contributed by atoms with Crippen molar-refractivity contribution in [1.29, 1.82) is 0 Å². The van der Waals surface area contributed by atoms with Crippen molar-refractivity contribution in [2.24, 2.45) is 0 Å². The van der Waals surface area contributed by atoms with Crippen LogP contribution in [0.25, 0.3) is 11.0 Å². The topological polar surface area (TPSA) is 38.1 Å². The van der Waals surface area contributed by atoms with Crippen molar-refractivity contribution in [1.82, 2.24) is 4.98 Å². The molecule has 0 aliphatic heterocycles. The van der Waals surface area contributed by atoms with Crippen LogP contribution in [0.15, 0.2) is 29.0 Å². The highest BCUT2D eigenvalue weighted by atomic mass is 35.5. The smallest absolute Gasteiger partial charge is 0.139 e. The third kappa shape index (κ3) is 2.07. The van der Waals surface area contributed by atoms with Crippen molar-refractivity contribution in [3.8, 4) is 0 Å². The van der Waals surface area contributed by atoms with Gasteiger partial charge >= 0.3 is 0 Å². The maximum Gasteiger partial charge on any atom is 0.139 e. The Morgan fingerprint density at radius 1 is 1.53 bits per heavy atom. The summed E-state index contributed by atoms with van der Waals surface area (Å²) in [5.74, 6) is 1.42. The number of nitrogens with one attached hydrogen (secondary N) is 1. The third-order valence-corrected chi connectivity index (χ3v) is 2.77. The van der Waals surface area contributed by atoms with Gasteiger partial charge in [-0.05, 0) is 18.6 Å². The van der Waals surface area contributed by atoms with E-state index < -0.39 is 0 Å². The van der Waals surface area contributed by atoms with E-state index in [1.165, 1.54) is 0 Å². The minimum atomic E-state index is 0.250. The average Bonchev–Trinajstić information content (AvgIpc) is 2.74. The molecule has 2 heterocycles. The lowest BCUT2D eigenvalue weighted by atomic mass is 10.2. The quantitative estimate of drug-likeness (QED) is 0.811. The van der Waals surface area contributed by atoms with E-state index in [0.29, 0.717) is 5.88 Å². The van der Waals surface area contributed by atoms with Gasteiger partial charge in [0, 0.05) is 18.1 Å². The molecule has 2 aromatic heterocycles. The largest absolute Gasteiger partial charge is 0.464 e. The van der Waals surface area contributed by atoms with Gasteiger partial charge in [0.05, 0.1) is 11.6 Å². The number of nitrogens with zero attached hydrogens (tertiary/aromatic N) is 1. The summed E-state index contributed by atoms with van der Waals surface area (Å²) in [4.78, 5) is 4.29. The molecule has 0 fully saturated rings. The second-order valence-electron chi connectivity index (χ2n) is 3.40. The van der Waals surface area contributed by atoms with Crippen molar-refractivity contribution in [2.75, 3.05) is 11.2 Å². The second-order valence-corrected chi connectivity index (χ2v) is 3.70. The zero-order valence-corrected chi connectivity index (χ0v) is 9.29. The van der Waals surface area contributed by atoms with Crippen molar-refractivity contribution >= 4 is 28.4 Å². The van der Waals surface area contributed by atoms with Crippen LogP contribution >= 0.6 is 11.6 Å². The van der Waals surface area contributed by atoms with Crippen LogP contribution in [0.5, 0.6) is 0 Å². The Morgan fingerprint density at radius 2 is 2.40 bits per heavy atom. The van der Waals surface area contributed by atoms with Crippen molar-refractivity contribution in [3.63, 3.8) is 0 Å². The van der Waals surface area contributed by atoms with Gasteiger partial charge in [-0.25, -0.2) is 4.98 Å². The first-order chi connectivity index (χ1) is 7.35. The highest BCUT2D eigenvalue weighted by Gasteiger charge is 2.09. The Labute approximate surface area is 93.4 Å². The first kappa shape index (κ1) is 10.3. The van der Waals surface area contributed by atoms with Gasteiger partial charge in [-0.1, -0.05) is 6.92 Å². The van der Waals surface area contributed by atoms with Crippen molar-refractivity contribution in [2.45, 2.75) is 19.4 Å². The molecule has 2 aromatic rings. The Bertz CT molecular complexity index is 437. The molecule has 3 nitrogen and oxygen atoms in total. The molecule has 0 bridgehead atoms. The Kier molecular flexibility index (Phi) is 3.11. The summed E-state index contributed by atoms with van der Waals surface area (Å²) in [6.07, 6.45) is 4.37. The van der Waals surface area contributed by atoms with Gasteiger partial charge in [0.1, 0.15) is 11.4 Å². The van der Waals surface area contributed by atoms with E-state index in [1.807, 2.05) is 12.1 Å². The number of hydrogen-bond acceptors (Lipinski definition) is 3. The van der Waals surface area contributed by atoms with Crippen LogP contribution in [-0.2, 0) is 0 Å². The second kappa shape index (κ2) is 4.53. The number of hydrogen-bond donors (Lipinski definition) is 1. The summed E-state index contributed by atoms with van der Waals surface area (Å²) in [7, 11) is 0. The first-order valence-electron chi connectivity index (χ1n) is 5.00. The number of rotatable bonds is 4. The fourth-order valence-corrected chi connectivity index (χ4v) is 1.75. The SMILES string of the molecule is CCC(CCl)Nc1nccc2occc12. The number of furan rings is 1. The van der Waals surface area contributed by atoms with E-state index >= 15 is 0 Å². The van der Waals surface area contributed by atoms with Crippen molar-refractivity contribution < 1.29 is 4.42 Å². The molecule has 0 spiro atoms. The minimum absolute atomic E-state index is 0.250. The van der Waals surface area contributed by atoms with Gasteiger partial charge in [-0.15, -0.1) is 11.6 Å². The molecule has 0 aromatic carbocycles. The molecule has 0 radical (unpaired) electrons. The number of halogens is 1. The maximum absolute atomic E-state index is 5.83. The molecule has 80 valence electrons. The normalized spacial score (nSPS) is 12.9. The summed E-state index contributed by atoms with van der Waals surface area (Å²) in [6.45, 7) is 2.09. The summed E-state index contributed by atoms with van der Waals surface area (Å²) in [5, 5.41) is 4.31. The number of anilines is 1. The average molecular weight is 225 g/mol. The summed E-state index contributed by atoms with van der Waals surface area (Å²) >= 11 is 5.83. The van der Waals surface area contributed by atoms with Crippen LogP contribution in [0.2, 0.25) is 0 Å². The lowest BCUT2D eigenvalue weighted by molar-refractivity contribution is 0.615. The minimum Gasteiger partial charge on any atom is -0.464 e. The molecule has 15 heavy (non-hydrogen) atoms. The van der Waals surface area contributed by atoms with Gasteiger partial charge in [-0.2, -0.15) is 0 Å². The van der Waals surface area contributed by atoms with E-state index in [4.69, 9.17) is 16.0 Å². The Balaban J connectivity index is 2.30. The summed E-state index contributed by atoms with van der Waals surface area (Å²) in [6, 6.07) is 4.01. The molecule has 0 aliphatic carbocycles. The molecule has 0 saturated heterocycles. The highest BCUT2D eigenvalue weighted by Crippen LogP contribution is 2.22.